The number of unbranched alkanes of at least 4 members (excludes halogenated alkanes) is 15. The molecule has 0 rings (SSSR count). The topological polar surface area (TPSA) is 40.5 Å². The molecule has 0 aliphatic carbocycles. The smallest absolute Gasteiger partial charge is 0.0431 e. The molecule has 0 amide bonds. The van der Waals surface area contributed by atoms with E-state index < -0.39 is 0 Å². The highest BCUT2D eigenvalue weighted by Crippen LogP contribution is 2.09. The van der Waals surface area contributed by atoms with E-state index in [9.17, 15) is 0 Å². The van der Waals surface area contributed by atoms with Crippen LogP contribution in [0.3, 0.4) is 0 Å². The zero-order valence-electron chi connectivity index (χ0n) is 16.3. The molecule has 0 saturated heterocycles. The quantitative estimate of drug-likeness (QED) is 0.294. The van der Waals surface area contributed by atoms with Crippen LogP contribution in [0.2, 0.25) is 0 Å². The highest BCUT2D eigenvalue weighted by Gasteiger charge is 1.90. The molecule has 0 spiro atoms. The van der Waals surface area contributed by atoms with Gasteiger partial charge in [0, 0.05) is 13.2 Å². The van der Waals surface area contributed by atoms with Gasteiger partial charge in [0.1, 0.15) is 0 Å². The predicted octanol–water partition coefficient (Wildman–Crippen LogP) is 6.63. The third kappa shape index (κ3) is 30.4. The van der Waals surface area contributed by atoms with E-state index in [4.69, 9.17) is 10.2 Å². The normalized spacial score (nSPS) is 10.4. The van der Waals surface area contributed by atoms with Crippen molar-refractivity contribution >= 4 is 0 Å². The molecule has 2 N–H and O–H groups in total. The second-order valence-electron chi connectivity index (χ2n) is 6.75. The van der Waals surface area contributed by atoms with Crippen LogP contribution in [0.25, 0.3) is 0 Å². The minimum atomic E-state index is 0.370. The lowest BCUT2D eigenvalue weighted by Gasteiger charge is -1.99. The second-order valence-corrected chi connectivity index (χ2v) is 6.75. The molecular formula is C21H46O2. The Morgan fingerprint density at radius 3 is 0.783 bits per heavy atom. The van der Waals surface area contributed by atoms with Crippen LogP contribution >= 0.6 is 0 Å². The summed E-state index contributed by atoms with van der Waals surface area (Å²) in [6.07, 6.45) is 22.2. The Bertz CT molecular complexity index is 153. The van der Waals surface area contributed by atoms with E-state index in [2.05, 4.69) is 13.8 Å². The van der Waals surface area contributed by atoms with E-state index in [0.29, 0.717) is 13.2 Å². The monoisotopic (exact) mass is 330 g/mol. The molecule has 2 nitrogen and oxygen atoms in total. The van der Waals surface area contributed by atoms with Crippen molar-refractivity contribution in [1.82, 2.24) is 0 Å². The molecule has 0 aromatic rings. The average molecular weight is 331 g/mol. The first kappa shape index (κ1) is 25.2. The second kappa shape index (κ2) is 26.8. The minimum absolute atomic E-state index is 0.370. The molecule has 0 aliphatic rings. The predicted molar refractivity (Wildman–Crippen MR) is 104 cm³/mol. The van der Waals surface area contributed by atoms with E-state index >= 15 is 0 Å². The van der Waals surface area contributed by atoms with E-state index in [1.54, 1.807) is 0 Å². The lowest BCUT2D eigenvalue weighted by molar-refractivity contribution is 0.282. The fourth-order valence-corrected chi connectivity index (χ4v) is 2.67. The van der Waals surface area contributed by atoms with Gasteiger partial charge in [-0.05, 0) is 12.8 Å². The summed E-state index contributed by atoms with van der Waals surface area (Å²) in [4.78, 5) is 0. The third-order valence-corrected chi connectivity index (χ3v) is 4.27. The van der Waals surface area contributed by atoms with Crippen LogP contribution in [-0.4, -0.2) is 23.4 Å². The van der Waals surface area contributed by atoms with Gasteiger partial charge in [0.25, 0.3) is 0 Å². The van der Waals surface area contributed by atoms with Crippen molar-refractivity contribution in [3.63, 3.8) is 0 Å². The standard InChI is InChI=1S/C11H24O.C10H22O/c1-2-3-4-5-6-7-8-9-10-11-12;1-2-3-4-5-6-7-8-9-10-11/h12H,2-11H2,1H3;11H,2-10H2,1H3. The van der Waals surface area contributed by atoms with Crippen LogP contribution in [0, 0.1) is 0 Å². The summed E-state index contributed by atoms with van der Waals surface area (Å²) in [5.41, 5.74) is 0. The number of hydrogen-bond donors (Lipinski definition) is 2. The highest BCUT2D eigenvalue weighted by molar-refractivity contribution is 4.46. The molecule has 2 heteroatoms. The molecule has 0 atom stereocenters. The zero-order valence-corrected chi connectivity index (χ0v) is 16.3. The molecule has 0 unspecified atom stereocenters. The summed E-state index contributed by atoms with van der Waals surface area (Å²) in [6.45, 7) is 5.23. The van der Waals surface area contributed by atoms with Crippen molar-refractivity contribution in [2.75, 3.05) is 13.2 Å². The van der Waals surface area contributed by atoms with Gasteiger partial charge in [0.15, 0.2) is 0 Å². The fraction of sp³-hybridized carbons (Fsp3) is 1.00. The first-order valence-corrected chi connectivity index (χ1v) is 10.5. The van der Waals surface area contributed by atoms with E-state index in [1.807, 2.05) is 0 Å². The van der Waals surface area contributed by atoms with Gasteiger partial charge in [-0.15, -0.1) is 0 Å². The Morgan fingerprint density at radius 1 is 0.348 bits per heavy atom. The van der Waals surface area contributed by atoms with Crippen LogP contribution in [0.1, 0.15) is 123 Å². The Morgan fingerprint density at radius 2 is 0.565 bits per heavy atom. The van der Waals surface area contributed by atoms with Gasteiger partial charge in [-0.25, -0.2) is 0 Å². The average Bonchev–Trinajstić information content (AvgIpc) is 2.57. The molecule has 142 valence electrons. The maximum atomic E-state index is 8.54. The molecule has 0 radical (unpaired) electrons. The van der Waals surface area contributed by atoms with E-state index in [0.717, 1.165) is 12.8 Å². The molecular weight excluding hydrogens is 284 g/mol. The Labute approximate surface area is 147 Å². The van der Waals surface area contributed by atoms with Crippen LogP contribution in [0.15, 0.2) is 0 Å². The minimum Gasteiger partial charge on any atom is -0.396 e. The molecule has 0 aliphatic heterocycles. The molecule has 0 bridgehead atoms. The maximum Gasteiger partial charge on any atom is 0.0431 e. The lowest BCUT2D eigenvalue weighted by Crippen LogP contribution is -1.84. The Kier molecular flexibility index (Phi) is 29.3. The van der Waals surface area contributed by atoms with Crippen molar-refractivity contribution in [2.45, 2.75) is 123 Å². The molecule has 0 heterocycles. The Balaban J connectivity index is 0. The van der Waals surface area contributed by atoms with Crippen LogP contribution in [0.4, 0.5) is 0 Å². The van der Waals surface area contributed by atoms with Crippen LogP contribution in [-0.2, 0) is 0 Å². The van der Waals surface area contributed by atoms with Gasteiger partial charge in [-0.1, -0.05) is 110 Å². The SMILES string of the molecule is CCCCCCCCCCCO.CCCCCCCCCCO. The summed E-state index contributed by atoms with van der Waals surface area (Å²) in [5.74, 6) is 0. The van der Waals surface area contributed by atoms with Gasteiger partial charge in [0.05, 0.1) is 0 Å². The highest BCUT2D eigenvalue weighted by atomic mass is 16.3. The van der Waals surface area contributed by atoms with Crippen LogP contribution in [0.5, 0.6) is 0 Å². The first-order chi connectivity index (χ1) is 11.3. The van der Waals surface area contributed by atoms with Gasteiger partial charge < -0.3 is 10.2 Å². The molecule has 0 aromatic carbocycles. The molecule has 23 heavy (non-hydrogen) atoms. The summed E-state index contributed by atoms with van der Waals surface area (Å²) in [7, 11) is 0. The summed E-state index contributed by atoms with van der Waals surface area (Å²) in [6, 6.07) is 0. The number of aliphatic hydroxyl groups excluding tert-OH is 2. The number of rotatable bonds is 17. The van der Waals surface area contributed by atoms with Crippen molar-refractivity contribution < 1.29 is 10.2 Å². The molecule has 0 saturated carbocycles. The summed E-state index contributed by atoms with van der Waals surface area (Å²) < 4.78 is 0. The van der Waals surface area contributed by atoms with Crippen molar-refractivity contribution in [1.29, 1.82) is 0 Å². The number of hydrogen-bond acceptors (Lipinski definition) is 2. The number of aliphatic hydroxyl groups is 2. The fourth-order valence-electron chi connectivity index (χ4n) is 2.67. The Hall–Kier alpha value is -0.0800. The molecule has 0 aromatic heterocycles. The summed E-state index contributed by atoms with van der Waals surface area (Å²) >= 11 is 0. The van der Waals surface area contributed by atoms with Crippen molar-refractivity contribution in [3.8, 4) is 0 Å². The van der Waals surface area contributed by atoms with Crippen molar-refractivity contribution in [2.24, 2.45) is 0 Å². The lowest BCUT2D eigenvalue weighted by atomic mass is 10.1. The van der Waals surface area contributed by atoms with E-state index in [1.165, 1.54) is 96.3 Å². The van der Waals surface area contributed by atoms with Gasteiger partial charge in [-0.2, -0.15) is 0 Å². The maximum absolute atomic E-state index is 8.54. The third-order valence-electron chi connectivity index (χ3n) is 4.27. The summed E-state index contributed by atoms with van der Waals surface area (Å²) in [5, 5.41) is 17.0. The van der Waals surface area contributed by atoms with Gasteiger partial charge >= 0.3 is 0 Å². The zero-order chi connectivity index (χ0) is 17.4. The van der Waals surface area contributed by atoms with Gasteiger partial charge in [-0.3, -0.25) is 0 Å². The van der Waals surface area contributed by atoms with E-state index in [-0.39, 0.29) is 0 Å². The first-order valence-electron chi connectivity index (χ1n) is 10.5. The van der Waals surface area contributed by atoms with Crippen LogP contribution < -0.4 is 0 Å². The largest absolute Gasteiger partial charge is 0.396 e. The van der Waals surface area contributed by atoms with Crippen molar-refractivity contribution in [3.05, 3.63) is 0 Å². The van der Waals surface area contributed by atoms with Gasteiger partial charge in [0.2, 0.25) is 0 Å². The molecule has 0 fully saturated rings.